The largest absolute Gasteiger partial charge is 0.506 e. The second kappa shape index (κ2) is 2.10. The summed E-state index contributed by atoms with van der Waals surface area (Å²) in [7, 11) is 1.55. The first-order chi connectivity index (χ1) is 5.68. The van der Waals surface area contributed by atoms with E-state index in [1.165, 1.54) is 16.8 Å². The topological polar surface area (TPSA) is 68.3 Å². The Hall–Kier alpha value is -1.78. The Balaban J connectivity index is 2.96. The predicted molar refractivity (Wildman–Crippen MR) is 40.9 cm³/mol. The zero-order valence-electron chi connectivity index (χ0n) is 6.31. The molecule has 2 aromatic heterocycles. The number of pyridine rings is 1. The lowest BCUT2D eigenvalue weighted by Gasteiger charge is -1.90. The quantitative estimate of drug-likeness (QED) is 0.608. The van der Waals surface area contributed by atoms with Crippen LogP contribution < -0.4 is 5.76 Å². The average molecular weight is 166 g/mol. The molecule has 0 bridgehead atoms. The fourth-order valence-corrected chi connectivity index (χ4v) is 1.00. The SMILES string of the molecule is Cn1c(=O)oc2cc(O)cnc21. The molecule has 2 aromatic rings. The third-order valence-corrected chi connectivity index (χ3v) is 1.61. The van der Waals surface area contributed by atoms with Gasteiger partial charge in [0.15, 0.2) is 11.2 Å². The van der Waals surface area contributed by atoms with Crippen molar-refractivity contribution in [2.75, 3.05) is 0 Å². The fraction of sp³-hybridized carbons (Fsp3) is 0.143. The van der Waals surface area contributed by atoms with E-state index in [4.69, 9.17) is 9.52 Å². The molecule has 2 rings (SSSR count). The van der Waals surface area contributed by atoms with Crippen LogP contribution in [0.3, 0.4) is 0 Å². The number of hydrogen-bond acceptors (Lipinski definition) is 4. The minimum atomic E-state index is -0.483. The third kappa shape index (κ3) is 0.795. The van der Waals surface area contributed by atoms with Crippen LogP contribution in [0.2, 0.25) is 0 Å². The fourth-order valence-electron chi connectivity index (χ4n) is 1.00. The number of aryl methyl sites for hydroxylation is 1. The highest BCUT2D eigenvalue weighted by atomic mass is 16.4. The Morgan fingerprint density at radius 1 is 1.67 bits per heavy atom. The Kier molecular flexibility index (Phi) is 1.21. The van der Waals surface area contributed by atoms with Gasteiger partial charge in [0.1, 0.15) is 5.75 Å². The molecule has 5 nitrogen and oxygen atoms in total. The Labute approximate surface area is 66.9 Å². The Bertz CT molecular complexity index is 483. The van der Waals surface area contributed by atoms with Crippen LogP contribution in [-0.2, 0) is 7.05 Å². The molecule has 0 saturated heterocycles. The molecule has 0 spiro atoms. The average Bonchev–Trinajstić information content (AvgIpc) is 2.28. The van der Waals surface area contributed by atoms with E-state index in [1.54, 1.807) is 7.05 Å². The number of fused-ring (bicyclic) bond motifs is 1. The summed E-state index contributed by atoms with van der Waals surface area (Å²) in [4.78, 5) is 14.7. The van der Waals surface area contributed by atoms with Crippen molar-refractivity contribution in [2.24, 2.45) is 7.05 Å². The van der Waals surface area contributed by atoms with Crippen LogP contribution >= 0.6 is 0 Å². The van der Waals surface area contributed by atoms with Crippen LogP contribution in [0.15, 0.2) is 21.5 Å². The van der Waals surface area contributed by atoms with Crippen molar-refractivity contribution < 1.29 is 9.52 Å². The van der Waals surface area contributed by atoms with Crippen LogP contribution in [-0.4, -0.2) is 14.7 Å². The van der Waals surface area contributed by atoms with E-state index in [1.807, 2.05) is 0 Å². The van der Waals surface area contributed by atoms with E-state index < -0.39 is 5.76 Å². The minimum absolute atomic E-state index is 0.0168. The summed E-state index contributed by atoms with van der Waals surface area (Å²) in [6, 6.07) is 1.35. The van der Waals surface area contributed by atoms with E-state index in [9.17, 15) is 4.79 Å². The molecule has 0 aliphatic heterocycles. The number of rotatable bonds is 0. The van der Waals surface area contributed by atoms with Crippen molar-refractivity contribution in [2.45, 2.75) is 0 Å². The molecule has 0 saturated carbocycles. The second-order valence-corrected chi connectivity index (χ2v) is 2.44. The smallest absolute Gasteiger partial charge is 0.420 e. The monoisotopic (exact) mass is 166 g/mol. The van der Waals surface area contributed by atoms with E-state index in [-0.39, 0.29) is 5.75 Å². The molecule has 0 atom stereocenters. The Morgan fingerprint density at radius 3 is 3.17 bits per heavy atom. The summed E-state index contributed by atoms with van der Waals surface area (Å²) in [5.74, 6) is -0.500. The number of oxazole rings is 1. The van der Waals surface area contributed by atoms with Crippen molar-refractivity contribution in [1.29, 1.82) is 0 Å². The molecule has 12 heavy (non-hydrogen) atoms. The van der Waals surface area contributed by atoms with Crippen molar-refractivity contribution in [3.8, 4) is 5.75 Å². The van der Waals surface area contributed by atoms with Crippen LogP contribution in [0.5, 0.6) is 5.75 Å². The van der Waals surface area contributed by atoms with Crippen LogP contribution in [0.25, 0.3) is 11.2 Å². The predicted octanol–water partition coefficient (Wildman–Crippen LogP) is 0.232. The first-order valence-corrected chi connectivity index (χ1v) is 3.33. The minimum Gasteiger partial charge on any atom is -0.506 e. The molecular formula is C7H6N2O3. The van der Waals surface area contributed by atoms with E-state index in [0.717, 1.165) is 0 Å². The highest BCUT2D eigenvalue weighted by molar-refractivity contribution is 5.69. The number of aromatic nitrogens is 2. The lowest BCUT2D eigenvalue weighted by Crippen LogP contribution is -2.08. The molecule has 5 heteroatoms. The van der Waals surface area contributed by atoms with Crippen molar-refractivity contribution in [3.63, 3.8) is 0 Å². The van der Waals surface area contributed by atoms with Gasteiger partial charge in [-0.15, -0.1) is 0 Å². The third-order valence-electron chi connectivity index (χ3n) is 1.61. The number of hydrogen-bond donors (Lipinski definition) is 1. The summed E-state index contributed by atoms with van der Waals surface area (Å²) >= 11 is 0. The molecule has 0 fully saturated rings. The molecule has 1 N–H and O–H groups in total. The van der Waals surface area contributed by atoms with Gasteiger partial charge >= 0.3 is 5.76 Å². The summed E-state index contributed by atoms with van der Waals surface area (Å²) in [5, 5.41) is 9.00. The van der Waals surface area contributed by atoms with Crippen molar-refractivity contribution in [3.05, 3.63) is 22.8 Å². The van der Waals surface area contributed by atoms with E-state index in [2.05, 4.69) is 4.98 Å². The number of nitrogens with zero attached hydrogens (tertiary/aromatic N) is 2. The maximum absolute atomic E-state index is 10.9. The van der Waals surface area contributed by atoms with Gasteiger partial charge in [0.2, 0.25) is 0 Å². The lowest BCUT2D eigenvalue weighted by atomic mass is 10.4. The van der Waals surface area contributed by atoms with Gasteiger partial charge in [-0.3, -0.25) is 4.57 Å². The van der Waals surface area contributed by atoms with E-state index >= 15 is 0 Å². The van der Waals surface area contributed by atoms with Crippen LogP contribution in [0.1, 0.15) is 0 Å². The van der Waals surface area contributed by atoms with Gasteiger partial charge in [0.25, 0.3) is 0 Å². The molecular weight excluding hydrogens is 160 g/mol. The molecule has 2 heterocycles. The maximum Gasteiger partial charge on any atom is 0.420 e. The lowest BCUT2D eigenvalue weighted by molar-refractivity contribution is 0.471. The highest BCUT2D eigenvalue weighted by Gasteiger charge is 2.06. The summed E-state index contributed by atoms with van der Waals surface area (Å²) < 4.78 is 6.04. The first-order valence-electron chi connectivity index (χ1n) is 3.33. The maximum atomic E-state index is 10.9. The van der Waals surface area contributed by atoms with Gasteiger partial charge in [-0.2, -0.15) is 0 Å². The Morgan fingerprint density at radius 2 is 2.42 bits per heavy atom. The summed E-state index contributed by atoms with van der Waals surface area (Å²) in [6.45, 7) is 0. The molecule has 0 unspecified atom stereocenters. The zero-order chi connectivity index (χ0) is 8.72. The second-order valence-electron chi connectivity index (χ2n) is 2.44. The molecule has 62 valence electrons. The molecule has 0 amide bonds. The van der Waals surface area contributed by atoms with Crippen molar-refractivity contribution >= 4 is 11.2 Å². The van der Waals surface area contributed by atoms with Gasteiger partial charge in [0, 0.05) is 13.1 Å². The zero-order valence-corrected chi connectivity index (χ0v) is 6.31. The molecule has 0 aromatic carbocycles. The van der Waals surface area contributed by atoms with E-state index in [0.29, 0.717) is 11.2 Å². The van der Waals surface area contributed by atoms with Crippen molar-refractivity contribution in [1.82, 2.24) is 9.55 Å². The highest BCUT2D eigenvalue weighted by Crippen LogP contribution is 2.14. The summed E-state index contributed by atoms with van der Waals surface area (Å²) in [5.41, 5.74) is 0.723. The first kappa shape index (κ1) is 6.90. The van der Waals surface area contributed by atoms with Gasteiger partial charge < -0.3 is 9.52 Å². The van der Waals surface area contributed by atoms with Crippen LogP contribution in [0.4, 0.5) is 0 Å². The van der Waals surface area contributed by atoms with Gasteiger partial charge in [-0.1, -0.05) is 0 Å². The van der Waals surface area contributed by atoms with Crippen LogP contribution in [0, 0.1) is 0 Å². The van der Waals surface area contributed by atoms with Gasteiger partial charge in [-0.25, -0.2) is 9.78 Å². The standard InChI is InChI=1S/C7H6N2O3/c1-9-6-5(12-7(9)11)2-4(10)3-8-6/h2-3,10H,1H3. The molecule has 0 aliphatic carbocycles. The molecule has 0 radical (unpaired) electrons. The summed E-state index contributed by atoms with van der Waals surface area (Å²) in [6.07, 6.45) is 1.26. The molecule has 0 aliphatic rings. The number of aromatic hydroxyl groups is 1. The normalized spacial score (nSPS) is 10.8. The van der Waals surface area contributed by atoms with Gasteiger partial charge in [0.05, 0.1) is 6.20 Å². The van der Waals surface area contributed by atoms with Gasteiger partial charge in [-0.05, 0) is 0 Å².